The Morgan fingerprint density at radius 1 is 1.23 bits per heavy atom. The number of nitrogens with one attached hydrogen (secondary N) is 1. The summed E-state index contributed by atoms with van der Waals surface area (Å²) in [6, 6.07) is 9.32. The van der Waals surface area contributed by atoms with Gasteiger partial charge in [0, 0.05) is 36.3 Å². The molecule has 8 heteroatoms. The molecule has 0 bridgehead atoms. The van der Waals surface area contributed by atoms with Gasteiger partial charge in [-0.05, 0) is 35.9 Å². The van der Waals surface area contributed by atoms with Crippen molar-refractivity contribution in [3.05, 3.63) is 64.7 Å². The lowest BCUT2D eigenvalue weighted by Crippen LogP contribution is -2.52. The first-order chi connectivity index (χ1) is 12.3. The number of hydrogen-bond acceptors (Lipinski definition) is 3. The maximum absolute atomic E-state index is 13.2. The van der Waals surface area contributed by atoms with E-state index in [-0.39, 0.29) is 25.1 Å². The maximum Gasteiger partial charge on any atom is 0.268 e. The van der Waals surface area contributed by atoms with Gasteiger partial charge in [-0.25, -0.2) is 8.78 Å². The second-order valence-electron chi connectivity index (χ2n) is 6.01. The third-order valence-electron chi connectivity index (χ3n) is 4.17. The van der Waals surface area contributed by atoms with E-state index < -0.39 is 29.0 Å². The van der Waals surface area contributed by atoms with Crippen LogP contribution in [-0.4, -0.2) is 29.1 Å². The zero-order valence-electron chi connectivity index (χ0n) is 13.5. The molecule has 2 N–H and O–H groups in total. The van der Waals surface area contributed by atoms with Gasteiger partial charge >= 0.3 is 0 Å². The molecule has 1 aliphatic heterocycles. The molecule has 1 saturated heterocycles. The molecule has 0 saturated carbocycles. The van der Waals surface area contributed by atoms with Gasteiger partial charge in [0.25, 0.3) is 11.8 Å². The number of halogens is 3. The van der Waals surface area contributed by atoms with Crippen LogP contribution < -0.4 is 10.2 Å². The van der Waals surface area contributed by atoms with Crippen LogP contribution in [0.3, 0.4) is 0 Å². The number of rotatable bonds is 4. The SMILES string of the molecule is O=C(NCc1cc(F)cc(F)c1)[C@@]1(O)CCN(c2cccc(Cl)c2)C1=O. The van der Waals surface area contributed by atoms with Crippen molar-refractivity contribution in [2.75, 3.05) is 11.4 Å². The molecule has 1 fully saturated rings. The van der Waals surface area contributed by atoms with Gasteiger partial charge in [0.05, 0.1) is 0 Å². The van der Waals surface area contributed by atoms with Crippen molar-refractivity contribution in [3.63, 3.8) is 0 Å². The minimum atomic E-state index is -2.24. The lowest BCUT2D eigenvalue weighted by molar-refractivity contribution is -0.149. The van der Waals surface area contributed by atoms with Crippen LogP contribution in [0.25, 0.3) is 0 Å². The molecule has 0 radical (unpaired) electrons. The van der Waals surface area contributed by atoms with Crippen molar-refractivity contribution >= 4 is 29.1 Å². The Morgan fingerprint density at radius 3 is 2.58 bits per heavy atom. The fourth-order valence-corrected chi connectivity index (χ4v) is 3.03. The number of amides is 2. The van der Waals surface area contributed by atoms with E-state index in [0.29, 0.717) is 16.8 Å². The minimum Gasteiger partial charge on any atom is -0.372 e. The topological polar surface area (TPSA) is 69.6 Å². The van der Waals surface area contributed by atoms with Crippen molar-refractivity contribution in [1.29, 1.82) is 0 Å². The Kier molecular flexibility index (Phi) is 4.93. The fraction of sp³-hybridized carbons (Fsp3) is 0.222. The molecule has 2 amide bonds. The Morgan fingerprint density at radius 2 is 1.92 bits per heavy atom. The summed E-state index contributed by atoms with van der Waals surface area (Å²) < 4.78 is 26.4. The highest BCUT2D eigenvalue weighted by Crippen LogP contribution is 2.30. The van der Waals surface area contributed by atoms with E-state index in [9.17, 15) is 23.5 Å². The predicted octanol–water partition coefficient (Wildman–Crippen LogP) is 2.40. The van der Waals surface area contributed by atoms with Crippen molar-refractivity contribution in [1.82, 2.24) is 5.32 Å². The highest BCUT2D eigenvalue weighted by atomic mass is 35.5. The standard InChI is InChI=1S/C18H15ClF2N2O3/c19-12-2-1-3-15(8-12)23-5-4-18(26,17(23)25)16(24)22-10-11-6-13(20)9-14(21)7-11/h1-3,6-9,26H,4-5,10H2,(H,22,24)/t18-/m0/s1. The van der Waals surface area contributed by atoms with Gasteiger partial charge in [-0.15, -0.1) is 0 Å². The molecule has 2 aromatic rings. The molecule has 1 aliphatic rings. The molecular formula is C18H15ClF2N2O3. The van der Waals surface area contributed by atoms with E-state index in [0.717, 1.165) is 12.1 Å². The number of anilines is 1. The predicted molar refractivity (Wildman–Crippen MR) is 91.6 cm³/mol. The third kappa shape index (κ3) is 3.54. The molecule has 0 unspecified atom stereocenters. The lowest BCUT2D eigenvalue weighted by Gasteiger charge is -2.22. The Labute approximate surface area is 153 Å². The van der Waals surface area contributed by atoms with Gasteiger partial charge in [-0.3, -0.25) is 9.59 Å². The van der Waals surface area contributed by atoms with E-state index in [1.165, 1.54) is 4.90 Å². The average molecular weight is 381 g/mol. The Bertz CT molecular complexity index is 857. The number of aliphatic hydroxyl groups is 1. The van der Waals surface area contributed by atoms with Crippen LogP contribution >= 0.6 is 11.6 Å². The molecule has 3 rings (SSSR count). The largest absolute Gasteiger partial charge is 0.372 e. The molecule has 1 heterocycles. The van der Waals surface area contributed by atoms with Crippen LogP contribution in [0.15, 0.2) is 42.5 Å². The number of hydrogen-bond donors (Lipinski definition) is 2. The summed E-state index contributed by atoms with van der Waals surface area (Å²) in [6.07, 6.45) is -0.109. The first kappa shape index (κ1) is 18.3. The van der Waals surface area contributed by atoms with E-state index in [1.54, 1.807) is 24.3 Å². The summed E-state index contributed by atoms with van der Waals surface area (Å²) in [6.45, 7) is -0.0854. The smallest absolute Gasteiger partial charge is 0.268 e. The maximum atomic E-state index is 13.2. The molecular weight excluding hydrogens is 366 g/mol. The van der Waals surface area contributed by atoms with Crippen molar-refractivity contribution in [2.45, 2.75) is 18.6 Å². The number of carbonyl (C=O) groups is 2. The van der Waals surface area contributed by atoms with Crippen LogP contribution in [0.4, 0.5) is 14.5 Å². The van der Waals surface area contributed by atoms with Crippen LogP contribution in [0, 0.1) is 11.6 Å². The van der Waals surface area contributed by atoms with Crippen LogP contribution in [0.2, 0.25) is 5.02 Å². The van der Waals surface area contributed by atoms with Crippen LogP contribution in [0.1, 0.15) is 12.0 Å². The quantitative estimate of drug-likeness (QED) is 0.800. The van der Waals surface area contributed by atoms with Crippen LogP contribution in [-0.2, 0) is 16.1 Å². The van der Waals surface area contributed by atoms with Crippen LogP contribution in [0.5, 0.6) is 0 Å². The summed E-state index contributed by atoms with van der Waals surface area (Å²) >= 11 is 5.91. The molecule has 0 aliphatic carbocycles. The summed E-state index contributed by atoms with van der Waals surface area (Å²) in [5.41, 5.74) is -1.59. The number of nitrogens with zero attached hydrogens (tertiary/aromatic N) is 1. The minimum absolute atomic E-state index is 0.109. The monoisotopic (exact) mass is 380 g/mol. The van der Waals surface area contributed by atoms with E-state index in [2.05, 4.69) is 5.32 Å². The summed E-state index contributed by atoms with van der Waals surface area (Å²) in [5.74, 6) is -3.26. The zero-order valence-corrected chi connectivity index (χ0v) is 14.3. The normalized spacial score (nSPS) is 19.7. The van der Waals surface area contributed by atoms with Crippen molar-refractivity contribution in [2.24, 2.45) is 0 Å². The lowest BCUT2D eigenvalue weighted by atomic mass is 10.0. The summed E-state index contributed by atoms with van der Waals surface area (Å²) in [7, 11) is 0. The fourth-order valence-electron chi connectivity index (χ4n) is 2.85. The van der Waals surface area contributed by atoms with E-state index >= 15 is 0 Å². The van der Waals surface area contributed by atoms with Gasteiger partial charge in [0.15, 0.2) is 0 Å². The van der Waals surface area contributed by atoms with Gasteiger partial charge in [-0.2, -0.15) is 0 Å². The molecule has 1 atom stereocenters. The van der Waals surface area contributed by atoms with Crippen molar-refractivity contribution < 1.29 is 23.5 Å². The molecule has 0 spiro atoms. The first-order valence-electron chi connectivity index (χ1n) is 7.83. The van der Waals surface area contributed by atoms with Gasteiger partial charge < -0.3 is 15.3 Å². The highest BCUT2D eigenvalue weighted by molar-refractivity contribution is 6.31. The van der Waals surface area contributed by atoms with E-state index in [4.69, 9.17) is 11.6 Å². The Balaban J connectivity index is 1.71. The first-order valence-corrected chi connectivity index (χ1v) is 8.20. The van der Waals surface area contributed by atoms with Gasteiger partial charge in [-0.1, -0.05) is 17.7 Å². The molecule has 2 aromatic carbocycles. The molecule has 136 valence electrons. The van der Waals surface area contributed by atoms with E-state index in [1.807, 2.05) is 0 Å². The highest BCUT2D eigenvalue weighted by Gasteiger charge is 2.51. The molecule has 5 nitrogen and oxygen atoms in total. The third-order valence-corrected chi connectivity index (χ3v) is 4.40. The van der Waals surface area contributed by atoms with Gasteiger partial charge in [0.1, 0.15) is 11.6 Å². The second-order valence-corrected chi connectivity index (χ2v) is 6.44. The molecule has 26 heavy (non-hydrogen) atoms. The Hall–Kier alpha value is -2.51. The number of carbonyl (C=O) groups excluding carboxylic acids is 2. The zero-order chi connectivity index (χ0) is 18.9. The second kappa shape index (κ2) is 7.01. The number of benzene rings is 2. The summed E-state index contributed by atoms with van der Waals surface area (Å²) in [5, 5.41) is 13.3. The average Bonchev–Trinajstić information content (AvgIpc) is 2.88. The molecule has 0 aromatic heterocycles. The van der Waals surface area contributed by atoms with Crippen molar-refractivity contribution in [3.8, 4) is 0 Å². The summed E-state index contributed by atoms with van der Waals surface area (Å²) in [4.78, 5) is 26.2. The van der Waals surface area contributed by atoms with Gasteiger partial charge in [0.2, 0.25) is 5.60 Å².